The van der Waals surface area contributed by atoms with E-state index in [0.29, 0.717) is 0 Å². The van der Waals surface area contributed by atoms with Crippen molar-refractivity contribution in [3.8, 4) is 0 Å². The van der Waals surface area contributed by atoms with Gasteiger partial charge in [-0.15, -0.1) is 0 Å². The van der Waals surface area contributed by atoms with E-state index in [1.807, 2.05) is 37.3 Å². The summed E-state index contributed by atoms with van der Waals surface area (Å²) in [6.07, 6.45) is 0.757. The van der Waals surface area contributed by atoms with Gasteiger partial charge in [-0.1, -0.05) is 37.3 Å². The van der Waals surface area contributed by atoms with E-state index < -0.39 is 5.82 Å². The Hall–Kier alpha value is -2.36. The van der Waals surface area contributed by atoms with Crippen LogP contribution in [0.25, 0.3) is 0 Å². The Kier molecular flexibility index (Phi) is 4.35. The zero-order valence-corrected chi connectivity index (χ0v) is 11.3. The number of amides is 1. The van der Waals surface area contributed by atoms with Crippen LogP contribution in [0.5, 0.6) is 0 Å². The molecule has 0 heterocycles. The molecule has 104 valence electrons. The molecule has 3 nitrogen and oxygen atoms in total. The van der Waals surface area contributed by atoms with Crippen molar-refractivity contribution in [2.75, 3.05) is 5.73 Å². The Labute approximate surface area is 117 Å². The minimum absolute atomic E-state index is 0.0386. The van der Waals surface area contributed by atoms with Gasteiger partial charge < -0.3 is 11.1 Å². The number of benzene rings is 2. The van der Waals surface area contributed by atoms with Gasteiger partial charge in [0.2, 0.25) is 0 Å². The topological polar surface area (TPSA) is 55.1 Å². The molecule has 0 saturated heterocycles. The van der Waals surface area contributed by atoms with E-state index in [4.69, 9.17) is 5.73 Å². The summed E-state index contributed by atoms with van der Waals surface area (Å²) in [5.41, 5.74) is 6.74. The van der Waals surface area contributed by atoms with Crippen LogP contribution in [-0.2, 0) is 0 Å². The lowest BCUT2D eigenvalue weighted by Crippen LogP contribution is -2.28. The van der Waals surface area contributed by atoms with Gasteiger partial charge in [-0.05, 0) is 30.2 Å². The van der Waals surface area contributed by atoms with E-state index in [9.17, 15) is 9.18 Å². The quantitative estimate of drug-likeness (QED) is 0.839. The number of nitrogen functional groups attached to an aromatic ring is 1. The van der Waals surface area contributed by atoms with E-state index in [2.05, 4.69) is 5.32 Å². The maximum atomic E-state index is 13.4. The molecule has 0 radical (unpaired) electrons. The van der Waals surface area contributed by atoms with Crippen LogP contribution in [0.2, 0.25) is 0 Å². The Morgan fingerprint density at radius 2 is 1.95 bits per heavy atom. The summed E-state index contributed by atoms with van der Waals surface area (Å²) < 4.78 is 13.4. The molecule has 4 heteroatoms. The molecule has 0 aliphatic heterocycles. The van der Waals surface area contributed by atoms with Gasteiger partial charge in [-0.2, -0.15) is 0 Å². The van der Waals surface area contributed by atoms with Crippen LogP contribution in [-0.4, -0.2) is 5.91 Å². The molecule has 0 bridgehead atoms. The fourth-order valence-corrected chi connectivity index (χ4v) is 2.02. The Bertz CT molecular complexity index is 599. The molecular weight excluding hydrogens is 255 g/mol. The average molecular weight is 272 g/mol. The smallest absolute Gasteiger partial charge is 0.251 e. The summed E-state index contributed by atoms with van der Waals surface area (Å²) in [4.78, 5) is 12.1. The standard InChI is InChI=1S/C16H17FN2O/c1-2-15(11-6-4-3-5-7-11)19-16(20)12-8-9-14(18)13(17)10-12/h3-10,15H,2,18H2,1H3,(H,19,20). The lowest BCUT2D eigenvalue weighted by molar-refractivity contribution is 0.0935. The molecule has 0 spiro atoms. The number of halogens is 1. The Morgan fingerprint density at radius 1 is 1.25 bits per heavy atom. The van der Waals surface area contributed by atoms with E-state index in [1.165, 1.54) is 12.1 Å². The fourth-order valence-electron chi connectivity index (χ4n) is 2.02. The lowest BCUT2D eigenvalue weighted by atomic mass is 10.0. The number of carbonyl (C=O) groups excluding carboxylic acids is 1. The van der Waals surface area contributed by atoms with Gasteiger partial charge in [0.05, 0.1) is 11.7 Å². The maximum Gasteiger partial charge on any atom is 0.251 e. The first kappa shape index (κ1) is 14.1. The predicted molar refractivity (Wildman–Crippen MR) is 77.8 cm³/mol. The Morgan fingerprint density at radius 3 is 2.55 bits per heavy atom. The maximum absolute atomic E-state index is 13.4. The molecule has 0 fully saturated rings. The largest absolute Gasteiger partial charge is 0.396 e. The zero-order chi connectivity index (χ0) is 14.5. The summed E-state index contributed by atoms with van der Waals surface area (Å²) in [6, 6.07) is 13.7. The number of rotatable bonds is 4. The first-order valence-corrected chi connectivity index (χ1v) is 6.52. The molecule has 3 N–H and O–H groups in total. The van der Waals surface area contributed by atoms with Gasteiger partial charge in [-0.3, -0.25) is 4.79 Å². The number of carbonyl (C=O) groups is 1. The van der Waals surface area contributed by atoms with Gasteiger partial charge >= 0.3 is 0 Å². The highest BCUT2D eigenvalue weighted by molar-refractivity contribution is 5.94. The second-order valence-corrected chi connectivity index (χ2v) is 4.58. The highest BCUT2D eigenvalue weighted by Crippen LogP contribution is 2.18. The van der Waals surface area contributed by atoms with Crippen molar-refractivity contribution in [3.63, 3.8) is 0 Å². The molecule has 1 unspecified atom stereocenters. The molecule has 2 aromatic rings. The van der Waals surface area contributed by atoms with Crippen molar-refractivity contribution in [1.82, 2.24) is 5.32 Å². The van der Waals surface area contributed by atoms with Crippen molar-refractivity contribution in [3.05, 3.63) is 65.5 Å². The summed E-state index contributed by atoms with van der Waals surface area (Å²) in [5, 5.41) is 2.90. The van der Waals surface area contributed by atoms with Gasteiger partial charge in [0.15, 0.2) is 0 Å². The second kappa shape index (κ2) is 6.19. The molecule has 0 saturated carbocycles. The predicted octanol–water partition coefficient (Wildman–Crippen LogP) is 3.29. The number of hydrogen-bond donors (Lipinski definition) is 2. The van der Waals surface area contributed by atoms with Gasteiger partial charge in [0.1, 0.15) is 5.82 Å². The minimum Gasteiger partial charge on any atom is -0.396 e. The number of hydrogen-bond acceptors (Lipinski definition) is 2. The monoisotopic (exact) mass is 272 g/mol. The minimum atomic E-state index is -0.578. The molecular formula is C16H17FN2O. The van der Waals surface area contributed by atoms with Crippen molar-refractivity contribution in [2.45, 2.75) is 19.4 Å². The normalized spacial score (nSPS) is 11.9. The van der Waals surface area contributed by atoms with Crippen molar-refractivity contribution in [1.29, 1.82) is 0 Å². The first-order chi connectivity index (χ1) is 9.61. The van der Waals surface area contributed by atoms with Crippen molar-refractivity contribution < 1.29 is 9.18 Å². The van der Waals surface area contributed by atoms with Crippen LogP contribution in [0.3, 0.4) is 0 Å². The number of nitrogens with two attached hydrogens (primary N) is 1. The van der Waals surface area contributed by atoms with E-state index >= 15 is 0 Å². The number of nitrogens with one attached hydrogen (secondary N) is 1. The third-order valence-corrected chi connectivity index (χ3v) is 3.18. The third kappa shape index (κ3) is 3.15. The first-order valence-electron chi connectivity index (χ1n) is 6.52. The van der Waals surface area contributed by atoms with E-state index in [-0.39, 0.29) is 23.2 Å². The molecule has 0 aliphatic carbocycles. The molecule has 0 aromatic heterocycles. The SMILES string of the molecule is CCC(NC(=O)c1ccc(N)c(F)c1)c1ccccc1. The molecule has 20 heavy (non-hydrogen) atoms. The third-order valence-electron chi connectivity index (χ3n) is 3.18. The Balaban J connectivity index is 2.15. The molecule has 1 atom stereocenters. The van der Waals surface area contributed by atoms with Gasteiger partial charge in [-0.25, -0.2) is 4.39 Å². The molecule has 0 aliphatic rings. The van der Waals surface area contributed by atoms with Crippen molar-refractivity contribution in [2.24, 2.45) is 0 Å². The summed E-state index contributed by atoms with van der Waals surface area (Å²) in [5.74, 6) is -0.884. The highest BCUT2D eigenvalue weighted by Gasteiger charge is 2.14. The average Bonchev–Trinajstić information content (AvgIpc) is 2.48. The van der Waals surface area contributed by atoms with Gasteiger partial charge in [0.25, 0.3) is 5.91 Å². The fraction of sp³-hybridized carbons (Fsp3) is 0.188. The zero-order valence-electron chi connectivity index (χ0n) is 11.3. The molecule has 2 rings (SSSR count). The van der Waals surface area contributed by atoms with Crippen LogP contribution < -0.4 is 11.1 Å². The summed E-state index contributed by atoms with van der Waals surface area (Å²) in [7, 11) is 0. The molecule has 1 amide bonds. The van der Waals surface area contributed by atoms with Gasteiger partial charge in [0, 0.05) is 5.56 Å². The molecule has 2 aromatic carbocycles. The van der Waals surface area contributed by atoms with Crippen LogP contribution >= 0.6 is 0 Å². The van der Waals surface area contributed by atoms with Crippen LogP contribution in [0.1, 0.15) is 35.3 Å². The summed E-state index contributed by atoms with van der Waals surface area (Å²) >= 11 is 0. The van der Waals surface area contributed by atoms with Crippen molar-refractivity contribution >= 4 is 11.6 Å². The second-order valence-electron chi connectivity index (χ2n) is 4.58. The number of anilines is 1. The van der Waals surface area contributed by atoms with Crippen LogP contribution in [0.4, 0.5) is 10.1 Å². The highest BCUT2D eigenvalue weighted by atomic mass is 19.1. The van der Waals surface area contributed by atoms with E-state index in [1.54, 1.807) is 0 Å². The lowest BCUT2D eigenvalue weighted by Gasteiger charge is -2.17. The van der Waals surface area contributed by atoms with E-state index in [0.717, 1.165) is 18.1 Å². The summed E-state index contributed by atoms with van der Waals surface area (Å²) in [6.45, 7) is 1.99. The van der Waals surface area contributed by atoms with Crippen LogP contribution in [0, 0.1) is 5.82 Å². The van der Waals surface area contributed by atoms with Crippen LogP contribution in [0.15, 0.2) is 48.5 Å².